The molecule has 1 aromatic heterocycles. The predicted molar refractivity (Wildman–Crippen MR) is 83.5 cm³/mol. The molecule has 2 aliphatic rings. The number of nitrogens with two attached hydrogens (primary N) is 1. The van der Waals surface area contributed by atoms with Crippen LogP contribution in [0.25, 0.3) is 0 Å². The van der Waals surface area contributed by atoms with Crippen LogP contribution in [0.15, 0.2) is 0 Å². The minimum absolute atomic E-state index is 0.159. The summed E-state index contributed by atoms with van der Waals surface area (Å²) in [6.45, 7) is 0.596. The number of carbonyl (C=O) groups excluding carboxylic acids is 1. The predicted octanol–water partition coefficient (Wildman–Crippen LogP) is 1.58. The van der Waals surface area contributed by atoms with Gasteiger partial charge in [0.05, 0.1) is 6.10 Å². The van der Waals surface area contributed by atoms with E-state index in [1.165, 1.54) is 17.8 Å². The number of nitrogens with one attached hydrogen (secondary N) is 2. The Labute approximate surface area is 128 Å². The van der Waals surface area contributed by atoms with Crippen molar-refractivity contribution in [2.24, 2.45) is 5.92 Å². The second-order valence-electron chi connectivity index (χ2n) is 6.05. The van der Waals surface area contributed by atoms with Crippen LogP contribution in [0, 0.1) is 5.92 Å². The molecule has 0 aliphatic heterocycles. The van der Waals surface area contributed by atoms with E-state index in [1.807, 2.05) is 0 Å². The molecule has 116 valence electrons. The molecule has 2 saturated carbocycles. The smallest absolute Gasteiger partial charge is 0.265 e. The van der Waals surface area contributed by atoms with Crippen molar-refractivity contribution >= 4 is 28.2 Å². The zero-order valence-electron chi connectivity index (χ0n) is 12.0. The number of hydrogen-bond acceptors (Lipinski definition) is 6. The van der Waals surface area contributed by atoms with Crippen molar-refractivity contribution in [3.05, 3.63) is 4.88 Å². The first kappa shape index (κ1) is 14.6. The third-order valence-electron chi connectivity index (χ3n) is 4.36. The summed E-state index contributed by atoms with van der Waals surface area (Å²) in [6.07, 6.45) is 5.92. The molecule has 5 N–H and O–H groups in total. The van der Waals surface area contributed by atoms with Crippen molar-refractivity contribution in [3.8, 4) is 0 Å². The summed E-state index contributed by atoms with van der Waals surface area (Å²) in [6, 6.07) is 0.478. The Morgan fingerprint density at radius 3 is 2.81 bits per heavy atom. The quantitative estimate of drug-likeness (QED) is 0.661. The second kappa shape index (κ2) is 6.19. The molecule has 1 amide bonds. The number of anilines is 2. The van der Waals surface area contributed by atoms with Crippen LogP contribution in [0.2, 0.25) is 0 Å². The van der Waals surface area contributed by atoms with Gasteiger partial charge in [-0.25, -0.2) is 4.98 Å². The Kier molecular flexibility index (Phi) is 4.30. The van der Waals surface area contributed by atoms with Gasteiger partial charge in [-0.1, -0.05) is 11.3 Å². The highest BCUT2D eigenvalue weighted by molar-refractivity contribution is 7.18. The summed E-state index contributed by atoms with van der Waals surface area (Å²) in [5.41, 5.74) is 5.84. The Morgan fingerprint density at radius 2 is 2.19 bits per heavy atom. The topological polar surface area (TPSA) is 100 Å². The SMILES string of the molecule is Nc1nc(NC2CCC2)sc1C(=O)NCC1CCC(O)C1. The first-order valence-corrected chi connectivity index (χ1v) is 8.42. The molecule has 2 aliphatic carbocycles. The van der Waals surface area contributed by atoms with Gasteiger partial charge in [0.15, 0.2) is 5.13 Å². The number of rotatable bonds is 5. The zero-order valence-corrected chi connectivity index (χ0v) is 12.8. The van der Waals surface area contributed by atoms with Crippen molar-refractivity contribution in [1.82, 2.24) is 10.3 Å². The van der Waals surface area contributed by atoms with Crippen LogP contribution in [-0.2, 0) is 0 Å². The van der Waals surface area contributed by atoms with Crippen LogP contribution in [-0.4, -0.2) is 34.7 Å². The summed E-state index contributed by atoms with van der Waals surface area (Å²) in [5.74, 6) is 0.504. The van der Waals surface area contributed by atoms with Crippen molar-refractivity contribution in [2.45, 2.75) is 50.7 Å². The fourth-order valence-electron chi connectivity index (χ4n) is 2.83. The standard InChI is InChI=1S/C14H22N4O2S/c15-12-11(21-14(18-12)17-9-2-1-3-9)13(20)16-7-8-4-5-10(19)6-8/h8-10,19H,1-7,15H2,(H,16,20)(H,17,18). The lowest BCUT2D eigenvalue weighted by Crippen LogP contribution is -2.28. The molecule has 0 bridgehead atoms. The van der Waals surface area contributed by atoms with Crippen molar-refractivity contribution in [2.75, 3.05) is 17.6 Å². The number of carbonyl (C=O) groups is 1. The van der Waals surface area contributed by atoms with Crippen LogP contribution in [0.4, 0.5) is 10.9 Å². The van der Waals surface area contributed by atoms with Crippen LogP contribution in [0.1, 0.15) is 48.2 Å². The lowest BCUT2D eigenvalue weighted by molar-refractivity contribution is 0.0950. The Morgan fingerprint density at radius 1 is 1.38 bits per heavy atom. The van der Waals surface area contributed by atoms with E-state index in [0.717, 1.165) is 37.2 Å². The molecule has 2 fully saturated rings. The summed E-state index contributed by atoms with van der Waals surface area (Å²) < 4.78 is 0. The van der Waals surface area contributed by atoms with E-state index in [-0.39, 0.29) is 12.0 Å². The maximum absolute atomic E-state index is 12.2. The number of nitrogen functional groups attached to an aromatic ring is 1. The van der Waals surface area contributed by atoms with Gasteiger partial charge in [0.1, 0.15) is 10.7 Å². The minimum Gasteiger partial charge on any atom is -0.393 e. The molecular weight excluding hydrogens is 288 g/mol. The summed E-state index contributed by atoms with van der Waals surface area (Å²) >= 11 is 1.32. The molecule has 0 spiro atoms. The summed E-state index contributed by atoms with van der Waals surface area (Å²) in [4.78, 5) is 16.9. The van der Waals surface area contributed by atoms with E-state index in [1.54, 1.807) is 0 Å². The van der Waals surface area contributed by atoms with Crippen LogP contribution < -0.4 is 16.4 Å². The van der Waals surface area contributed by atoms with Crippen LogP contribution in [0.5, 0.6) is 0 Å². The molecule has 1 heterocycles. The first-order chi connectivity index (χ1) is 10.1. The van der Waals surface area contributed by atoms with E-state index in [2.05, 4.69) is 15.6 Å². The molecule has 7 heteroatoms. The van der Waals surface area contributed by atoms with Gasteiger partial charge in [-0.3, -0.25) is 4.79 Å². The highest BCUT2D eigenvalue weighted by Crippen LogP contribution is 2.30. The van der Waals surface area contributed by atoms with Gasteiger partial charge in [-0.05, 0) is 44.4 Å². The second-order valence-corrected chi connectivity index (χ2v) is 7.05. The third-order valence-corrected chi connectivity index (χ3v) is 5.36. The van der Waals surface area contributed by atoms with Gasteiger partial charge >= 0.3 is 0 Å². The van der Waals surface area contributed by atoms with Gasteiger partial charge in [-0.15, -0.1) is 0 Å². The maximum Gasteiger partial charge on any atom is 0.265 e. The molecule has 6 nitrogen and oxygen atoms in total. The van der Waals surface area contributed by atoms with Crippen LogP contribution in [0.3, 0.4) is 0 Å². The Balaban J connectivity index is 1.53. The largest absolute Gasteiger partial charge is 0.393 e. The van der Waals surface area contributed by atoms with Crippen LogP contribution >= 0.6 is 11.3 Å². The molecular formula is C14H22N4O2S. The zero-order chi connectivity index (χ0) is 14.8. The Hall–Kier alpha value is -1.34. The maximum atomic E-state index is 12.2. The van der Waals surface area contributed by atoms with Gasteiger partial charge < -0.3 is 21.5 Å². The summed E-state index contributed by atoms with van der Waals surface area (Å²) in [5, 5.41) is 16.4. The highest BCUT2D eigenvalue weighted by atomic mass is 32.1. The molecule has 21 heavy (non-hydrogen) atoms. The third kappa shape index (κ3) is 3.47. The van der Waals surface area contributed by atoms with Gasteiger partial charge in [0.2, 0.25) is 0 Å². The lowest BCUT2D eigenvalue weighted by atomic mass is 9.93. The van der Waals surface area contributed by atoms with Crippen molar-refractivity contribution in [3.63, 3.8) is 0 Å². The lowest BCUT2D eigenvalue weighted by Gasteiger charge is -2.25. The Bertz CT molecular complexity index is 515. The van der Waals surface area contributed by atoms with Crippen molar-refractivity contribution < 1.29 is 9.90 Å². The van der Waals surface area contributed by atoms with Gasteiger partial charge in [0, 0.05) is 12.6 Å². The fourth-order valence-corrected chi connectivity index (χ4v) is 3.71. The van der Waals surface area contributed by atoms with E-state index in [4.69, 9.17) is 5.73 Å². The normalized spacial score (nSPS) is 25.6. The number of thiazole rings is 1. The van der Waals surface area contributed by atoms with Crippen molar-refractivity contribution in [1.29, 1.82) is 0 Å². The molecule has 2 atom stereocenters. The average Bonchev–Trinajstić information content (AvgIpc) is 2.97. The van der Waals surface area contributed by atoms with E-state index in [0.29, 0.717) is 29.2 Å². The highest BCUT2D eigenvalue weighted by Gasteiger charge is 2.25. The van der Waals surface area contributed by atoms with Gasteiger partial charge in [0.25, 0.3) is 5.91 Å². The number of aromatic nitrogens is 1. The average molecular weight is 310 g/mol. The number of aliphatic hydroxyl groups is 1. The number of nitrogens with zero attached hydrogens (tertiary/aromatic N) is 1. The van der Waals surface area contributed by atoms with E-state index >= 15 is 0 Å². The van der Waals surface area contributed by atoms with E-state index < -0.39 is 0 Å². The molecule has 0 saturated heterocycles. The number of amides is 1. The number of hydrogen-bond donors (Lipinski definition) is 4. The first-order valence-electron chi connectivity index (χ1n) is 7.61. The van der Waals surface area contributed by atoms with Gasteiger partial charge in [-0.2, -0.15) is 0 Å². The molecule has 2 unspecified atom stereocenters. The summed E-state index contributed by atoms with van der Waals surface area (Å²) in [7, 11) is 0. The minimum atomic E-state index is -0.210. The molecule has 3 rings (SSSR count). The monoisotopic (exact) mass is 310 g/mol. The molecule has 0 radical (unpaired) electrons. The number of aliphatic hydroxyl groups excluding tert-OH is 1. The molecule has 1 aromatic rings. The fraction of sp³-hybridized carbons (Fsp3) is 0.714. The van der Waals surface area contributed by atoms with E-state index in [9.17, 15) is 9.90 Å². The molecule has 0 aromatic carbocycles.